The second-order valence-electron chi connectivity index (χ2n) is 8.48. The monoisotopic (exact) mass is 598 g/mol. The number of aliphatic hydroxyl groups is 1. The van der Waals surface area contributed by atoms with Crippen molar-refractivity contribution < 1.29 is 24.1 Å². The van der Waals surface area contributed by atoms with Crippen molar-refractivity contribution in [3.05, 3.63) is 48.5 Å². The van der Waals surface area contributed by atoms with Crippen LogP contribution in [0.15, 0.2) is 53.4 Å². The van der Waals surface area contributed by atoms with Crippen LogP contribution in [0.25, 0.3) is 0 Å². The van der Waals surface area contributed by atoms with E-state index < -0.39 is 16.8 Å². The predicted molar refractivity (Wildman–Crippen MR) is 142 cm³/mol. The number of carbonyl (C=O) groups excluding carboxylic acids is 1. The molecule has 0 saturated carbocycles. The van der Waals surface area contributed by atoms with Crippen molar-refractivity contribution in [2.45, 2.75) is 32.6 Å². The third-order valence-corrected chi connectivity index (χ3v) is 9.18. The van der Waals surface area contributed by atoms with E-state index in [0.29, 0.717) is 22.0 Å². The van der Waals surface area contributed by atoms with Gasteiger partial charge >= 0.3 is 5.97 Å². The van der Waals surface area contributed by atoms with Crippen LogP contribution >= 0.6 is 34.4 Å². The molecule has 0 spiro atoms. The van der Waals surface area contributed by atoms with Crippen LogP contribution in [0.2, 0.25) is 0 Å². The Kier molecular flexibility index (Phi) is 8.49. The number of halogens is 1. The highest BCUT2D eigenvalue weighted by Gasteiger charge is 2.49. The van der Waals surface area contributed by atoms with Gasteiger partial charge in [0, 0.05) is 25.3 Å². The van der Waals surface area contributed by atoms with Crippen LogP contribution in [0.4, 0.5) is 5.69 Å². The summed E-state index contributed by atoms with van der Waals surface area (Å²) in [4.78, 5) is 18.7. The number of piperazine rings is 1. The van der Waals surface area contributed by atoms with E-state index in [1.54, 1.807) is 7.11 Å². The standard InChI is InChI=1S/C25H31IN2O5S/c1-31-19-9-10-20-21(15-19)34-25(24(30)32-2,22(29)17-33-20)11-6-12-27-13-14-28(16-23(27)26)18-7-4-3-5-8-18/h3-5,7-10,15,22-23,29H,6,11-14,16-17H2,1-2H3. The number of carbonyl (C=O) groups is 1. The van der Waals surface area contributed by atoms with Crippen molar-refractivity contribution in [3.63, 3.8) is 0 Å². The fourth-order valence-corrected chi connectivity index (χ4v) is 6.94. The largest absolute Gasteiger partial charge is 0.497 e. The number of thioether (sulfide) groups is 1. The third kappa shape index (κ3) is 5.42. The number of esters is 1. The first-order valence-electron chi connectivity index (χ1n) is 11.4. The lowest BCUT2D eigenvalue weighted by atomic mass is 9.95. The van der Waals surface area contributed by atoms with Gasteiger partial charge in [-0.05, 0) is 49.7 Å². The van der Waals surface area contributed by atoms with E-state index in [2.05, 4.69) is 56.7 Å². The number of hydrogen-bond acceptors (Lipinski definition) is 8. The molecular weight excluding hydrogens is 567 g/mol. The van der Waals surface area contributed by atoms with Gasteiger partial charge in [-0.1, -0.05) is 40.8 Å². The number of para-hydroxylation sites is 1. The summed E-state index contributed by atoms with van der Waals surface area (Å²) in [6.45, 7) is 3.74. The molecule has 0 aliphatic carbocycles. The number of rotatable bonds is 7. The summed E-state index contributed by atoms with van der Waals surface area (Å²) in [5.41, 5.74) is 1.25. The Balaban J connectivity index is 1.44. The molecule has 2 aromatic carbocycles. The van der Waals surface area contributed by atoms with Crippen LogP contribution in [0.3, 0.4) is 0 Å². The Hall–Kier alpha value is -1.69. The fraction of sp³-hybridized carbons (Fsp3) is 0.480. The van der Waals surface area contributed by atoms with Crippen molar-refractivity contribution in [2.75, 3.05) is 51.9 Å². The average molecular weight is 599 g/mol. The average Bonchev–Trinajstić information content (AvgIpc) is 3.01. The van der Waals surface area contributed by atoms with Gasteiger partial charge in [-0.3, -0.25) is 9.69 Å². The Labute approximate surface area is 218 Å². The van der Waals surface area contributed by atoms with Gasteiger partial charge in [0.25, 0.3) is 0 Å². The lowest BCUT2D eigenvalue weighted by Gasteiger charge is -2.40. The molecule has 3 unspecified atom stereocenters. The van der Waals surface area contributed by atoms with Crippen LogP contribution in [0.1, 0.15) is 12.8 Å². The highest BCUT2D eigenvalue weighted by Crippen LogP contribution is 2.47. The number of methoxy groups -OCH3 is 2. The van der Waals surface area contributed by atoms with Crippen molar-refractivity contribution >= 4 is 46.0 Å². The number of fused-ring (bicyclic) bond motifs is 1. The van der Waals surface area contributed by atoms with Crippen molar-refractivity contribution in [2.24, 2.45) is 0 Å². The van der Waals surface area contributed by atoms with Gasteiger partial charge in [0.2, 0.25) is 0 Å². The van der Waals surface area contributed by atoms with Crippen LogP contribution in [0.5, 0.6) is 11.5 Å². The molecule has 2 aliphatic heterocycles. The predicted octanol–water partition coefficient (Wildman–Crippen LogP) is 3.82. The van der Waals surface area contributed by atoms with Crippen LogP contribution in [-0.2, 0) is 9.53 Å². The second-order valence-corrected chi connectivity index (χ2v) is 11.3. The molecule has 2 aromatic rings. The van der Waals surface area contributed by atoms with E-state index in [-0.39, 0.29) is 6.61 Å². The smallest absolute Gasteiger partial charge is 0.325 e. The van der Waals surface area contributed by atoms with Gasteiger partial charge in [0.15, 0.2) is 0 Å². The number of nitrogens with zero attached hydrogens (tertiary/aromatic N) is 2. The van der Waals surface area contributed by atoms with E-state index in [4.69, 9.17) is 14.2 Å². The van der Waals surface area contributed by atoms with Crippen LogP contribution < -0.4 is 14.4 Å². The quantitative estimate of drug-likeness (QED) is 0.224. The van der Waals surface area contributed by atoms with Gasteiger partial charge in [-0.15, -0.1) is 11.8 Å². The van der Waals surface area contributed by atoms with Gasteiger partial charge < -0.3 is 24.2 Å². The molecule has 0 aromatic heterocycles. The van der Waals surface area contributed by atoms with Gasteiger partial charge in [0.1, 0.15) is 29.0 Å². The maximum Gasteiger partial charge on any atom is 0.325 e. The molecule has 4 rings (SSSR count). The number of alkyl halides is 1. The number of aliphatic hydroxyl groups excluding tert-OH is 1. The summed E-state index contributed by atoms with van der Waals surface area (Å²) in [6.07, 6.45) is 0.241. The highest BCUT2D eigenvalue weighted by molar-refractivity contribution is 14.1. The SMILES string of the molecule is COC(=O)C1(CCCN2CCN(c3ccccc3)CC2I)Sc2cc(OC)ccc2OCC1O. The molecule has 34 heavy (non-hydrogen) atoms. The number of anilines is 1. The molecular formula is C25H31IN2O5S. The number of benzene rings is 2. The summed E-state index contributed by atoms with van der Waals surface area (Å²) >= 11 is 3.82. The topological polar surface area (TPSA) is 71.5 Å². The zero-order valence-electron chi connectivity index (χ0n) is 19.5. The molecule has 2 aliphatic rings. The molecule has 1 fully saturated rings. The molecule has 9 heteroatoms. The number of hydrogen-bond donors (Lipinski definition) is 1. The molecule has 3 atom stereocenters. The Morgan fingerprint density at radius 2 is 2.03 bits per heavy atom. The highest BCUT2D eigenvalue weighted by atomic mass is 127. The molecule has 0 radical (unpaired) electrons. The zero-order chi connectivity index (χ0) is 24.1. The van der Waals surface area contributed by atoms with E-state index in [1.807, 2.05) is 24.3 Å². The number of ether oxygens (including phenoxy) is 3. The van der Waals surface area contributed by atoms with Gasteiger partial charge in [-0.25, -0.2) is 0 Å². The normalized spacial score (nSPS) is 25.1. The zero-order valence-corrected chi connectivity index (χ0v) is 22.5. The van der Waals surface area contributed by atoms with E-state index in [1.165, 1.54) is 24.6 Å². The lowest BCUT2D eigenvalue weighted by molar-refractivity contribution is -0.147. The molecule has 1 N–H and O–H groups in total. The molecule has 2 heterocycles. The third-order valence-electron chi connectivity index (χ3n) is 6.45. The first kappa shape index (κ1) is 25.4. The van der Waals surface area contributed by atoms with Crippen molar-refractivity contribution in [3.8, 4) is 11.5 Å². The molecule has 0 bridgehead atoms. The summed E-state index contributed by atoms with van der Waals surface area (Å²) < 4.78 is 15.6. The Morgan fingerprint density at radius 3 is 2.74 bits per heavy atom. The maximum atomic E-state index is 13.1. The second kappa shape index (κ2) is 11.4. The first-order chi connectivity index (χ1) is 16.5. The first-order valence-corrected chi connectivity index (χ1v) is 13.5. The van der Waals surface area contributed by atoms with Crippen molar-refractivity contribution in [1.82, 2.24) is 4.90 Å². The van der Waals surface area contributed by atoms with E-state index in [9.17, 15) is 9.90 Å². The Bertz CT molecular complexity index is 981. The minimum Gasteiger partial charge on any atom is -0.497 e. The minimum absolute atomic E-state index is 0.0338. The molecule has 184 valence electrons. The summed E-state index contributed by atoms with van der Waals surface area (Å²) in [5, 5.41) is 11.0. The van der Waals surface area contributed by atoms with Gasteiger partial charge in [-0.2, -0.15) is 0 Å². The van der Waals surface area contributed by atoms with Crippen molar-refractivity contribution in [1.29, 1.82) is 0 Å². The summed E-state index contributed by atoms with van der Waals surface area (Å²) in [7, 11) is 2.98. The van der Waals surface area contributed by atoms with Crippen LogP contribution in [-0.4, -0.2) is 77.9 Å². The fourth-order valence-electron chi connectivity index (χ4n) is 4.50. The molecule has 7 nitrogen and oxygen atoms in total. The summed E-state index contributed by atoms with van der Waals surface area (Å²) in [5.74, 6) is 0.887. The van der Waals surface area contributed by atoms with Crippen LogP contribution in [0, 0.1) is 0 Å². The summed E-state index contributed by atoms with van der Waals surface area (Å²) in [6, 6.07) is 16.0. The van der Waals surface area contributed by atoms with E-state index >= 15 is 0 Å². The minimum atomic E-state index is -1.14. The Morgan fingerprint density at radius 1 is 1.24 bits per heavy atom. The lowest BCUT2D eigenvalue weighted by Crippen LogP contribution is -2.52. The van der Waals surface area contributed by atoms with E-state index in [0.717, 1.165) is 37.5 Å². The molecule has 0 amide bonds. The van der Waals surface area contributed by atoms with Gasteiger partial charge in [0.05, 0.1) is 23.2 Å². The maximum absolute atomic E-state index is 13.1. The molecule has 1 saturated heterocycles.